The number of nitrogens with one attached hydrogen (secondary N) is 1. The van der Waals surface area contributed by atoms with Gasteiger partial charge in [-0.15, -0.1) is 0 Å². The van der Waals surface area contributed by atoms with Gasteiger partial charge >= 0.3 is 0 Å². The molecule has 0 spiro atoms. The molecule has 1 fully saturated rings. The number of likely N-dealkylation sites (tertiary alicyclic amines) is 1. The maximum Gasteiger partial charge on any atom is 0.240 e. The van der Waals surface area contributed by atoms with Crippen molar-refractivity contribution in [1.29, 1.82) is 5.26 Å². The summed E-state index contributed by atoms with van der Waals surface area (Å²) in [5.41, 5.74) is -0.268. The van der Waals surface area contributed by atoms with Crippen LogP contribution in [0, 0.1) is 23.1 Å². The minimum atomic E-state index is -3.71. The van der Waals surface area contributed by atoms with Crippen LogP contribution in [0.2, 0.25) is 0 Å². The molecule has 1 N–H and O–H groups in total. The van der Waals surface area contributed by atoms with Crippen molar-refractivity contribution in [1.82, 2.24) is 9.62 Å². The van der Waals surface area contributed by atoms with Crippen LogP contribution in [0.4, 0.5) is 4.39 Å². The highest BCUT2D eigenvalue weighted by Gasteiger charge is 2.23. The van der Waals surface area contributed by atoms with Gasteiger partial charge in [0.1, 0.15) is 11.9 Å². The van der Waals surface area contributed by atoms with Crippen molar-refractivity contribution in [3.8, 4) is 6.07 Å². The van der Waals surface area contributed by atoms with Gasteiger partial charge in [0.2, 0.25) is 10.0 Å². The summed E-state index contributed by atoms with van der Waals surface area (Å²) in [5.74, 6) is -0.429. The molecule has 7 heteroatoms. The topological polar surface area (TPSA) is 73.2 Å². The number of hydrogen-bond acceptors (Lipinski definition) is 4. The standard InChI is InChI=1S/C14H18FN3O2S/c1-2-18-6-5-11(10-18)9-17-21(19,20)13-3-4-14(15)12(7-13)8-16/h3-4,7,11,17H,2,5-6,9-10H2,1H3. The fourth-order valence-electron chi connectivity index (χ4n) is 2.43. The molecular formula is C14H18FN3O2S. The van der Waals surface area contributed by atoms with E-state index in [1.165, 1.54) is 6.07 Å². The first-order chi connectivity index (χ1) is 9.96. The normalized spacial score (nSPS) is 19.6. The summed E-state index contributed by atoms with van der Waals surface area (Å²) in [6.45, 7) is 5.27. The molecule has 0 aliphatic carbocycles. The Morgan fingerprint density at radius 1 is 1.52 bits per heavy atom. The van der Waals surface area contributed by atoms with E-state index in [1.54, 1.807) is 6.07 Å². The fourth-order valence-corrected chi connectivity index (χ4v) is 3.58. The van der Waals surface area contributed by atoms with Crippen LogP contribution in [0.5, 0.6) is 0 Å². The summed E-state index contributed by atoms with van der Waals surface area (Å²) < 4.78 is 40.1. The Hall–Kier alpha value is -1.49. The first-order valence-corrected chi connectivity index (χ1v) is 8.36. The van der Waals surface area contributed by atoms with Crippen molar-refractivity contribution >= 4 is 10.0 Å². The minimum Gasteiger partial charge on any atom is -0.303 e. The maximum absolute atomic E-state index is 13.2. The third kappa shape index (κ3) is 3.79. The van der Waals surface area contributed by atoms with Crippen LogP contribution >= 0.6 is 0 Å². The van der Waals surface area contributed by atoms with Crippen molar-refractivity contribution in [3.05, 3.63) is 29.6 Å². The Labute approximate surface area is 124 Å². The van der Waals surface area contributed by atoms with Gasteiger partial charge < -0.3 is 4.90 Å². The average molecular weight is 311 g/mol. The van der Waals surface area contributed by atoms with Crippen molar-refractivity contribution in [2.24, 2.45) is 5.92 Å². The zero-order valence-electron chi connectivity index (χ0n) is 11.8. The molecule has 0 amide bonds. The summed E-state index contributed by atoms with van der Waals surface area (Å²) in [6, 6.07) is 4.88. The predicted octanol–water partition coefficient (Wildman–Crippen LogP) is 1.32. The summed E-state index contributed by atoms with van der Waals surface area (Å²) in [4.78, 5) is 2.19. The number of benzene rings is 1. The van der Waals surface area contributed by atoms with E-state index in [4.69, 9.17) is 5.26 Å². The molecule has 1 aliphatic heterocycles. The van der Waals surface area contributed by atoms with Crippen LogP contribution in [-0.4, -0.2) is 39.5 Å². The molecule has 0 saturated carbocycles. The molecule has 5 nitrogen and oxygen atoms in total. The Morgan fingerprint density at radius 2 is 2.29 bits per heavy atom. The van der Waals surface area contributed by atoms with Crippen molar-refractivity contribution in [3.63, 3.8) is 0 Å². The first-order valence-electron chi connectivity index (χ1n) is 6.88. The number of nitriles is 1. The molecule has 1 aliphatic rings. The maximum atomic E-state index is 13.2. The van der Waals surface area contributed by atoms with E-state index in [2.05, 4.69) is 16.5 Å². The molecule has 0 radical (unpaired) electrons. The van der Waals surface area contributed by atoms with Gasteiger partial charge in [-0.25, -0.2) is 17.5 Å². The molecule has 1 aromatic rings. The number of sulfonamides is 1. The van der Waals surface area contributed by atoms with Gasteiger partial charge in [-0.3, -0.25) is 0 Å². The van der Waals surface area contributed by atoms with E-state index in [-0.39, 0.29) is 16.4 Å². The summed E-state index contributed by atoms with van der Waals surface area (Å²) in [5, 5.41) is 8.76. The number of nitrogens with zero attached hydrogens (tertiary/aromatic N) is 2. The largest absolute Gasteiger partial charge is 0.303 e. The second-order valence-corrected chi connectivity index (χ2v) is 6.92. The zero-order chi connectivity index (χ0) is 15.5. The SMILES string of the molecule is CCN1CCC(CNS(=O)(=O)c2ccc(F)c(C#N)c2)C1. The second-order valence-electron chi connectivity index (χ2n) is 5.15. The lowest BCUT2D eigenvalue weighted by Crippen LogP contribution is -2.31. The van der Waals surface area contributed by atoms with Crippen molar-refractivity contribution in [2.45, 2.75) is 18.2 Å². The molecule has 2 rings (SSSR count). The Bertz CT molecular complexity index is 655. The molecule has 0 bridgehead atoms. The highest BCUT2D eigenvalue weighted by atomic mass is 32.2. The van der Waals surface area contributed by atoms with E-state index in [0.29, 0.717) is 6.54 Å². The third-order valence-electron chi connectivity index (χ3n) is 3.75. The summed E-state index contributed by atoms with van der Waals surface area (Å²) in [6.07, 6.45) is 0.962. The van der Waals surface area contributed by atoms with Gasteiger partial charge in [0.05, 0.1) is 10.5 Å². The van der Waals surface area contributed by atoms with Crippen LogP contribution in [0.25, 0.3) is 0 Å². The van der Waals surface area contributed by atoms with Gasteiger partial charge in [-0.05, 0) is 43.6 Å². The van der Waals surface area contributed by atoms with E-state index in [9.17, 15) is 12.8 Å². The highest BCUT2D eigenvalue weighted by Crippen LogP contribution is 2.17. The van der Waals surface area contributed by atoms with Crippen LogP contribution in [0.1, 0.15) is 18.9 Å². The molecule has 1 aromatic carbocycles. The quantitative estimate of drug-likeness (QED) is 0.890. The zero-order valence-corrected chi connectivity index (χ0v) is 12.7. The molecule has 21 heavy (non-hydrogen) atoms. The summed E-state index contributed by atoms with van der Waals surface area (Å²) >= 11 is 0. The minimum absolute atomic E-state index is 0.0780. The van der Waals surface area contributed by atoms with E-state index < -0.39 is 15.8 Å². The molecule has 0 aromatic heterocycles. The van der Waals surface area contributed by atoms with Crippen molar-refractivity contribution in [2.75, 3.05) is 26.2 Å². The number of halogens is 1. The first kappa shape index (κ1) is 15.9. The average Bonchev–Trinajstić information content (AvgIpc) is 2.93. The number of rotatable bonds is 5. The van der Waals surface area contributed by atoms with E-state index in [0.717, 1.165) is 38.2 Å². The molecule has 1 atom stereocenters. The third-order valence-corrected chi connectivity index (χ3v) is 5.17. The van der Waals surface area contributed by atoms with E-state index in [1.807, 2.05) is 0 Å². The van der Waals surface area contributed by atoms with Crippen LogP contribution in [0.3, 0.4) is 0 Å². The Kier molecular flexibility index (Phi) is 4.93. The van der Waals surface area contributed by atoms with Gasteiger partial charge in [-0.2, -0.15) is 5.26 Å². The Morgan fingerprint density at radius 3 is 2.90 bits per heavy atom. The van der Waals surface area contributed by atoms with Gasteiger partial charge in [0.15, 0.2) is 0 Å². The molecule has 1 saturated heterocycles. The second kappa shape index (κ2) is 6.52. The van der Waals surface area contributed by atoms with Gasteiger partial charge in [-0.1, -0.05) is 6.92 Å². The molecular weight excluding hydrogens is 293 g/mol. The number of hydrogen-bond donors (Lipinski definition) is 1. The highest BCUT2D eigenvalue weighted by molar-refractivity contribution is 7.89. The lowest BCUT2D eigenvalue weighted by Gasteiger charge is -2.14. The lowest BCUT2D eigenvalue weighted by atomic mass is 10.1. The molecule has 114 valence electrons. The van der Waals surface area contributed by atoms with Gasteiger partial charge in [0.25, 0.3) is 0 Å². The van der Waals surface area contributed by atoms with Gasteiger partial charge in [0, 0.05) is 13.1 Å². The Balaban J connectivity index is 2.04. The molecule has 1 unspecified atom stereocenters. The van der Waals surface area contributed by atoms with Crippen molar-refractivity contribution < 1.29 is 12.8 Å². The molecule has 1 heterocycles. The van der Waals surface area contributed by atoms with Crippen LogP contribution in [-0.2, 0) is 10.0 Å². The lowest BCUT2D eigenvalue weighted by molar-refractivity contribution is 0.342. The van der Waals surface area contributed by atoms with E-state index >= 15 is 0 Å². The predicted molar refractivity (Wildman–Crippen MR) is 76.5 cm³/mol. The monoisotopic (exact) mass is 311 g/mol. The van der Waals surface area contributed by atoms with Crippen LogP contribution < -0.4 is 4.72 Å². The van der Waals surface area contributed by atoms with Crippen LogP contribution in [0.15, 0.2) is 23.1 Å². The fraction of sp³-hybridized carbons (Fsp3) is 0.500. The smallest absolute Gasteiger partial charge is 0.240 e. The summed E-state index contributed by atoms with van der Waals surface area (Å²) in [7, 11) is -3.71.